The fourth-order valence-corrected chi connectivity index (χ4v) is 1.98. The molecule has 0 amide bonds. The van der Waals surface area contributed by atoms with Crippen molar-refractivity contribution in [1.29, 1.82) is 0 Å². The molecule has 0 saturated heterocycles. The molecule has 0 radical (unpaired) electrons. The lowest BCUT2D eigenvalue weighted by atomic mass is 10.2. The van der Waals surface area contributed by atoms with E-state index < -0.39 is 0 Å². The molecule has 0 aliphatic heterocycles. The van der Waals surface area contributed by atoms with Gasteiger partial charge in [-0.1, -0.05) is 5.92 Å². The molecule has 7 heteroatoms. The van der Waals surface area contributed by atoms with Crippen molar-refractivity contribution in [2.45, 2.75) is 0 Å². The van der Waals surface area contributed by atoms with Crippen molar-refractivity contribution in [2.24, 2.45) is 0 Å². The second-order valence-electron chi connectivity index (χ2n) is 4.41. The predicted octanol–water partition coefficient (Wildman–Crippen LogP) is 1.35. The van der Waals surface area contributed by atoms with Crippen molar-refractivity contribution in [1.82, 2.24) is 20.2 Å². The molecule has 0 aliphatic rings. The minimum atomic E-state index is 0.339. The monoisotopic (exact) mass is 295 g/mol. The largest absolute Gasteiger partial charge is 0.497 e. The SMILES string of the molecule is COc1cc(C#Cc2[nH]nc3ncnc(N)c23)cc(OC)c1. The van der Waals surface area contributed by atoms with Crippen LogP contribution < -0.4 is 15.2 Å². The molecule has 110 valence electrons. The molecular formula is C15H13N5O2. The van der Waals surface area contributed by atoms with Gasteiger partial charge in [0.2, 0.25) is 0 Å². The number of methoxy groups -OCH3 is 2. The summed E-state index contributed by atoms with van der Waals surface area (Å²) in [5.41, 5.74) is 7.64. The second-order valence-corrected chi connectivity index (χ2v) is 4.41. The van der Waals surface area contributed by atoms with Crippen molar-refractivity contribution in [2.75, 3.05) is 20.0 Å². The molecule has 2 heterocycles. The average molecular weight is 295 g/mol. The first-order valence-corrected chi connectivity index (χ1v) is 6.41. The van der Waals surface area contributed by atoms with E-state index in [0.717, 1.165) is 5.56 Å². The maximum atomic E-state index is 5.84. The van der Waals surface area contributed by atoms with Gasteiger partial charge in [0.05, 0.1) is 19.6 Å². The quantitative estimate of drug-likeness (QED) is 0.692. The normalized spacial score (nSPS) is 10.1. The smallest absolute Gasteiger partial charge is 0.187 e. The summed E-state index contributed by atoms with van der Waals surface area (Å²) in [6.07, 6.45) is 1.36. The maximum Gasteiger partial charge on any atom is 0.187 e. The molecule has 0 fully saturated rings. The molecule has 0 aliphatic carbocycles. The van der Waals surface area contributed by atoms with E-state index >= 15 is 0 Å². The molecule has 3 aromatic rings. The highest BCUT2D eigenvalue weighted by atomic mass is 16.5. The Morgan fingerprint density at radius 2 is 1.77 bits per heavy atom. The summed E-state index contributed by atoms with van der Waals surface area (Å²) in [5.74, 6) is 7.69. The fraction of sp³-hybridized carbons (Fsp3) is 0.133. The third-order valence-corrected chi connectivity index (χ3v) is 3.06. The molecule has 0 unspecified atom stereocenters. The molecule has 2 aromatic heterocycles. The van der Waals surface area contributed by atoms with Crippen LogP contribution in [0.5, 0.6) is 11.5 Å². The van der Waals surface area contributed by atoms with E-state index in [9.17, 15) is 0 Å². The van der Waals surface area contributed by atoms with Gasteiger partial charge in [0.25, 0.3) is 0 Å². The van der Waals surface area contributed by atoms with E-state index in [1.807, 2.05) is 12.1 Å². The second kappa shape index (κ2) is 5.61. The molecule has 3 rings (SSSR count). The number of hydrogen-bond acceptors (Lipinski definition) is 6. The van der Waals surface area contributed by atoms with Crippen molar-refractivity contribution in [3.63, 3.8) is 0 Å². The first-order valence-electron chi connectivity index (χ1n) is 6.41. The van der Waals surface area contributed by atoms with E-state index in [-0.39, 0.29) is 0 Å². The molecule has 0 bridgehead atoms. The van der Waals surface area contributed by atoms with Crippen LogP contribution in [0.25, 0.3) is 11.0 Å². The molecule has 0 spiro atoms. The molecule has 7 nitrogen and oxygen atoms in total. The van der Waals surface area contributed by atoms with Crippen LogP contribution in [-0.4, -0.2) is 34.4 Å². The van der Waals surface area contributed by atoms with Crippen LogP contribution in [0.2, 0.25) is 0 Å². The Morgan fingerprint density at radius 3 is 2.45 bits per heavy atom. The Bertz CT molecular complexity index is 870. The lowest BCUT2D eigenvalue weighted by molar-refractivity contribution is 0.394. The summed E-state index contributed by atoms with van der Waals surface area (Å²) in [4.78, 5) is 7.98. The van der Waals surface area contributed by atoms with Crippen molar-refractivity contribution in [3.05, 3.63) is 35.8 Å². The van der Waals surface area contributed by atoms with E-state index in [2.05, 4.69) is 32.0 Å². The minimum absolute atomic E-state index is 0.339. The number of aromatic nitrogens is 4. The van der Waals surface area contributed by atoms with Gasteiger partial charge in [0.15, 0.2) is 5.65 Å². The molecule has 1 aromatic carbocycles. The van der Waals surface area contributed by atoms with Gasteiger partial charge in [0, 0.05) is 11.6 Å². The standard InChI is InChI=1S/C15H13N5O2/c1-21-10-5-9(6-11(7-10)22-2)3-4-12-13-14(16)17-8-18-15(13)20-19-12/h5-8H,1-2H3,(H3,16,17,18,19,20). The minimum Gasteiger partial charge on any atom is -0.497 e. The van der Waals surface area contributed by atoms with Crippen LogP contribution in [0.3, 0.4) is 0 Å². The molecule has 0 saturated carbocycles. The highest BCUT2D eigenvalue weighted by molar-refractivity contribution is 5.89. The number of hydrogen-bond donors (Lipinski definition) is 2. The first kappa shape index (κ1) is 13.7. The fourth-order valence-electron chi connectivity index (χ4n) is 1.98. The Kier molecular flexibility index (Phi) is 3.50. The van der Waals surface area contributed by atoms with Gasteiger partial charge in [0.1, 0.15) is 29.3 Å². The zero-order chi connectivity index (χ0) is 15.5. The summed E-state index contributed by atoms with van der Waals surface area (Å²) in [7, 11) is 3.18. The van der Waals surface area contributed by atoms with Gasteiger partial charge in [-0.2, -0.15) is 5.10 Å². The predicted molar refractivity (Wildman–Crippen MR) is 81.6 cm³/mol. The number of H-pyrrole nitrogens is 1. The lowest BCUT2D eigenvalue weighted by Gasteiger charge is -2.04. The summed E-state index contributed by atoms with van der Waals surface area (Å²) < 4.78 is 10.4. The van der Waals surface area contributed by atoms with Gasteiger partial charge in [-0.25, -0.2) is 9.97 Å². The topological polar surface area (TPSA) is 98.9 Å². The molecule has 3 N–H and O–H groups in total. The Balaban J connectivity index is 2.05. The highest BCUT2D eigenvalue weighted by Crippen LogP contribution is 2.22. The lowest BCUT2D eigenvalue weighted by Crippen LogP contribution is -1.92. The highest BCUT2D eigenvalue weighted by Gasteiger charge is 2.08. The zero-order valence-corrected chi connectivity index (χ0v) is 12.0. The number of aromatic amines is 1. The van der Waals surface area contributed by atoms with Crippen molar-refractivity contribution >= 4 is 16.9 Å². The third-order valence-electron chi connectivity index (χ3n) is 3.06. The number of fused-ring (bicyclic) bond motifs is 1. The van der Waals surface area contributed by atoms with Gasteiger partial charge in [-0.05, 0) is 18.1 Å². The van der Waals surface area contributed by atoms with E-state index in [1.165, 1.54) is 6.33 Å². The molecule has 22 heavy (non-hydrogen) atoms. The first-order chi connectivity index (χ1) is 10.7. The van der Waals surface area contributed by atoms with Gasteiger partial charge in [-0.15, -0.1) is 0 Å². The van der Waals surface area contributed by atoms with Crippen LogP contribution in [0.15, 0.2) is 24.5 Å². The number of rotatable bonds is 2. The average Bonchev–Trinajstić information content (AvgIpc) is 2.97. The van der Waals surface area contributed by atoms with Crippen LogP contribution in [0, 0.1) is 11.8 Å². The van der Waals surface area contributed by atoms with Gasteiger partial charge in [-0.3, -0.25) is 5.10 Å². The van der Waals surface area contributed by atoms with E-state index in [1.54, 1.807) is 20.3 Å². The van der Waals surface area contributed by atoms with E-state index in [0.29, 0.717) is 34.0 Å². The van der Waals surface area contributed by atoms with Crippen LogP contribution >= 0.6 is 0 Å². The molecular weight excluding hydrogens is 282 g/mol. The van der Waals surface area contributed by atoms with Crippen LogP contribution in [0.1, 0.15) is 11.3 Å². The number of benzene rings is 1. The van der Waals surface area contributed by atoms with Crippen LogP contribution in [0.4, 0.5) is 5.82 Å². The summed E-state index contributed by atoms with van der Waals surface area (Å²) in [5, 5.41) is 7.48. The van der Waals surface area contributed by atoms with Gasteiger partial charge >= 0.3 is 0 Å². The summed E-state index contributed by atoms with van der Waals surface area (Å²) in [6.45, 7) is 0. The number of nitrogens with one attached hydrogen (secondary N) is 1. The number of ether oxygens (including phenoxy) is 2. The summed E-state index contributed by atoms with van der Waals surface area (Å²) in [6, 6.07) is 5.41. The van der Waals surface area contributed by atoms with Crippen molar-refractivity contribution in [3.8, 4) is 23.3 Å². The number of nitrogen functional groups attached to an aromatic ring is 1. The Morgan fingerprint density at radius 1 is 1.05 bits per heavy atom. The van der Waals surface area contributed by atoms with E-state index in [4.69, 9.17) is 15.2 Å². The Labute approximate surface area is 126 Å². The number of nitrogens with two attached hydrogens (primary N) is 1. The maximum absolute atomic E-state index is 5.84. The van der Waals surface area contributed by atoms with Crippen molar-refractivity contribution < 1.29 is 9.47 Å². The number of anilines is 1. The van der Waals surface area contributed by atoms with Gasteiger partial charge < -0.3 is 15.2 Å². The Hall–Kier alpha value is -3.27. The van der Waals surface area contributed by atoms with Crippen LogP contribution in [-0.2, 0) is 0 Å². The summed E-state index contributed by atoms with van der Waals surface area (Å²) >= 11 is 0. The molecule has 0 atom stereocenters. The number of nitrogens with zero attached hydrogens (tertiary/aromatic N) is 3. The zero-order valence-electron chi connectivity index (χ0n) is 12.0. The third kappa shape index (κ3) is 2.50.